The van der Waals surface area contributed by atoms with Crippen LogP contribution in [0.15, 0.2) is 42.7 Å². The molecule has 0 aliphatic carbocycles. The van der Waals surface area contributed by atoms with Crippen molar-refractivity contribution in [2.75, 3.05) is 0 Å². The van der Waals surface area contributed by atoms with Crippen LogP contribution in [-0.2, 0) is 12.7 Å². The van der Waals surface area contributed by atoms with Gasteiger partial charge < -0.3 is 9.47 Å². The van der Waals surface area contributed by atoms with Gasteiger partial charge in [-0.2, -0.15) is 13.2 Å². The largest absolute Gasteiger partial charge is 0.417 e. The number of halogens is 4. The summed E-state index contributed by atoms with van der Waals surface area (Å²) in [4.78, 5) is 19.2. The highest BCUT2D eigenvalue weighted by Gasteiger charge is 2.44. The summed E-state index contributed by atoms with van der Waals surface area (Å²) in [7, 11) is 0. The zero-order valence-electron chi connectivity index (χ0n) is 16.2. The van der Waals surface area contributed by atoms with E-state index in [0.717, 1.165) is 24.5 Å². The van der Waals surface area contributed by atoms with Gasteiger partial charge in [0.05, 0.1) is 28.2 Å². The quantitative estimate of drug-likeness (QED) is 0.568. The van der Waals surface area contributed by atoms with Crippen molar-refractivity contribution in [2.45, 2.75) is 44.1 Å². The summed E-state index contributed by atoms with van der Waals surface area (Å²) >= 11 is 6.04. The molecule has 2 aromatic heterocycles. The van der Waals surface area contributed by atoms with Gasteiger partial charge in [0.15, 0.2) is 11.6 Å². The topological polar surface area (TPSA) is 63.9 Å². The Morgan fingerprint density at radius 2 is 1.97 bits per heavy atom. The van der Waals surface area contributed by atoms with Crippen molar-refractivity contribution in [1.82, 2.24) is 24.6 Å². The predicted molar refractivity (Wildman–Crippen MR) is 106 cm³/mol. The molecule has 31 heavy (non-hydrogen) atoms. The lowest BCUT2D eigenvalue weighted by Gasteiger charge is -2.45. The number of amides is 1. The monoisotopic (exact) mass is 447 g/mol. The highest BCUT2D eigenvalue weighted by atomic mass is 35.5. The molecule has 4 heterocycles. The first-order valence-corrected chi connectivity index (χ1v) is 10.3. The van der Waals surface area contributed by atoms with Crippen LogP contribution in [0.3, 0.4) is 0 Å². The minimum Gasteiger partial charge on any atom is -0.324 e. The van der Waals surface area contributed by atoms with Crippen molar-refractivity contribution in [3.63, 3.8) is 0 Å². The molecule has 3 aromatic rings. The first-order chi connectivity index (χ1) is 14.9. The highest BCUT2D eigenvalue weighted by molar-refractivity contribution is 6.34. The van der Waals surface area contributed by atoms with E-state index in [0.29, 0.717) is 24.6 Å². The lowest BCUT2D eigenvalue weighted by Crippen LogP contribution is -2.52. The van der Waals surface area contributed by atoms with Crippen molar-refractivity contribution < 1.29 is 18.0 Å². The molecule has 160 valence electrons. The predicted octanol–water partition coefficient (Wildman–Crippen LogP) is 4.76. The molecular formula is C21H17ClF3N5O. The van der Waals surface area contributed by atoms with Gasteiger partial charge in [-0.05, 0) is 43.5 Å². The zero-order chi connectivity index (χ0) is 21.8. The van der Waals surface area contributed by atoms with Gasteiger partial charge in [-0.1, -0.05) is 17.7 Å². The van der Waals surface area contributed by atoms with E-state index in [1.165, 1.54) is 12.1 Å². The number of piperidine rings is 1. The molecule has 0 N–H and O–H groups in total. The SMILES string of the molecule is O=C(c1cccc(C(F)(F)F)c1Cl)N1[C@@H]2CCC[C@@H]1c1nnc(-c3cccnc3)n1C2. The van der Waals surface area contributed by atoms with Gasteiger partial charge in [0.1, 0.15) is 0 Å². The van der Waals surface area contributed by atoms with Crippen molar-refractivity contribution >= 4 is 17.5 Å². The first-order valence-electron chi connectivity index (χ1n) is 9.88. The molecule has 1 saturated heterocycles. The minimum atomic E-state index is -4.63. The van der Waals surface area contributed by atoms with E-state index < -0.39 is 22.7 Å². The van der Waals surface area contributed by atoms with Crippen molar-refractivity contribution in [2.24, 2.45) is 0 Å². The van der Waals surface area contributed by atoms with Crippen LogP contribution >= 0.6 is 11.6 Å². The number of aromatic nitrogens is 4. The summed E-state index contributed by atoms with van der Waals surface area (Å²) < 4.78 is 41.9. The fourth-order valence-corrected chi connectivity index (χ4v) is 4.85. The van der Waals surface area contributed by atoms with E-state index in [-0.39, 0.29) is 17.6 Å². The lowest BCUT2D eigenvalue weighted by atomic mass is 9.90. The van der Waals surface area contributed by atoms with Gasteiger partial charge in [0.2, 0.25) is 0 Å². The lowest BCUT2D eigenvalue weighted by molar-refractivity contribution is -0.137. The van der Waals surface area contributed by atoms with Crippen LogP contribution in [0.5, 0.6) is 0 Å². The summed E-state index contributed by atoms with van der Waals surface area (Å²) in [5, 5.41) is 8.09. The number of carbonyl (C=O) groups is 1. The molecule has 2 bridgehead atoms. The third-order valence-corrected chi connectivity index (χ3v) is 6.31. The summed E-state index contributed by atoms with van der Waals surface area (Å²) in [5.41, 5.74) is -0.335. The second kappa shape index (κ2) is 7.33. The number of carbonyl (C=O) groups excluding carboxylic acids is 1. The van der Waals surface area contributed by atoms with Crippen molar-refractivity contribution in [3.8, 4) is 11.4 Å². The molecule has 2 atom stereocenters. The number of fused-ring (bicyclic) bond motifs is 4. The molecule has 0 saturated carbocycles. The number of rotatable bonds is 2. The van der Waals surface area contributed by atoms with Gasteiger partial charge in [-0.25, -0.2) is 0 Å². The third kappa shape index (κ3) is 3.27. The van der Waals surface area contributed by atoms with Crippen LogP contribution < -0.4 is 0 Å². The standard InChI is InChI=1S/C21H17ClF3N5O/c22-17-14(6-2-7-15(17)21(23,24)25)20(31)30-13-5-1-8-16(30)19-28-27-18(29(19)11-13)12-4-3-9-26-10-12/h2-4,6-7,9-10,13,16H,1,5,8,11H2/t13-,16-/m1/s1. The second-order valence-electron chi connectivity index (χ2n) is 7.71. The van der Waals surface area contributed by atoms with E-state index >= 15 is 0 Å². The van der Waals surface area contributed by atoms with Crippen molar-refractivity contribution in [3.05, 3.63) is 64.7 Å². The molecule has 1 amide bonds. The average molecular weight is 448 g/mol. The summed E-state index contributed by atoms with van der Waals surface area (Å²) in [6, 6.07) is 6.58. The molecule has 2 aliphatic heterocycles. The average Bonchev–Trinajstić information content (AvgIpc) is 3.16. The molecule has 2 aliphatic rings. The van der Waals surface area contributed by atoms with E-state index in [4.69, 9.17) is 11.6 Å². The van der Waals surface area contributed by atoms with Gasteiger partial charge in [0, 0.05) is 24.5 Å². The number of pyridine rings is 1. The second-order valence-corrected chi connectivity index (χ2v) is 8.09. The number of hydrogen-bond donors (Lipinski definition) is 0. The molecule has 10 heteroatoms. The summed E-state index contributed by atoms with van der Waals surface area (Å²) in [6.45, 7) is 0.464. The maximum Gasteiger partial charge on any atom is 0.417 e. The van der Waals surface area contributed by atoms with Gasteiger partial charge in [-0.15, -0.1) is 10.2 Å². The molecule has 0 unspecified atom stereocenters. The van der Waals surface area contributed by atoms with Gasteiger partial charge in [0.25, 0.3) is 5.91 Å². The van der Waals surface area contributed by atoms with Crippen LogP contribution in [0.4, 0.5) is 13.2 Å². The van der Waals surface area contributed by atoms with E-state index in [2.05, 4.69) is 15.2 Å². The molecular weight excluding hydrogens is 431 g/mol. The number of hydrogen-bond acceptors (Lipinski definition) is 4. The maximum absolute atomic E-state index is 13.4. The molecule has 5 rings (SSSR count). The third-order valence-electron chi connectivity index (χ3n) is 5.90. The zero-order valence-corrected chi connectivity index (χ0v) is 16.9. The number of nitrogens with zero attached hydrogens (tertiary/aromatic N) is 5. The Morgan fingerprint density at radius 1 is 1.13 bits per heavy atom. The summed E-state index contributed by atoms with van der Waals surface area (Å²) in [5.74, 6) is 0.790. The Balaban J connectivity index is 1.55. The Morgan fingerprint density at radius 3 is 2.71 bits per heavy atom. The fourth-order valence-electron chi connectivity index (χ4n) is 4.54. The Kier molecular flexibility index (Phi) is 4.73. The van der Waals surface area contributed by atoms with E-state index in [1.807, 2.05) is 16.7 Å². The van der Waals surface area contributed by atoms with Gasteiger partial charge >= 0.3 is 6.18 Å². The van der Waals surface area contributed by atoms with Gasteiger partial charge in [-0.3, -0.25) is 9.78 Å². The molecule has 1 aromatic carbocycles. The van der Waals surface area contributed by atoms with E-state index in [1.54, 1.807) is 17.3 Å². The van der Waals surface area contributed by atoms with Crippen molar-refractivity contribution in [1.29, 1.82) is 0 Å². The molecule has 1 fully saturated rings. The molecule has 0 radical (unpaired) electrons. The minimum absolute atomic E-state index is 0.145. The molecule has 6 nitrogen and oxygen atoms in total. The Labute approximate surface area is 180 Å². The van der Waals surface area contributed by atoms with Crippen LogP contribution in [0.2, 0.25) is 5.02 Å². The number of benzene rings is 1. The smallest absolute Gasteiger partial charge is 0.324 e. The fraction of sp³-hybridized carbons (Fsp3) is 0.333. The van der Waals surface area contributed by atoms with Crippen LogP contribution in [0.1, 0.15) is 47.1 Å². The normalized spacial score (nSPS) is 20.5. The van der Waals surface area contributed by atoms with Crippen LogP contribution in [0, 0.1) is 0 Å². The van der Waals surface area contributed by atoms with Crippen LogP contribution in [0.25, 0.3) is 11.4 Å². The van der Waals surface area contributed by atoms with E-state index in [9.17, 15) is 18.0 Å². The maximum atomic E-state index is 13.4. The van der Waals surface area contributed by atoms with Crippen LogP contribution in [-0.4, -0.2) is 36.6 Å². The highest BCUT2D eigenvalue weighted by Crippen LogP contribution is 2.42. The Hall–Kier alpha value is -2.94. The molecule has 0 spiro atoms. The summed E-state index contributed by atoms with van der Waals surface area (Å²) in [6.07, 6.45) is 1.03. The number of alkyl halides is 3. The Bertz CT molecular complexity index is 1150. The first kappa shape index (κ1) is 20.0.